The molecule has 0 aliphatic carbocycles. The molecule has 140 valence electrons. The van der Waals surface area contributed by atoms with Crippen molar-refractivity contribution in [1.82, 2.24) is 4.90 Å². The van der Waals surface area contributed by atoms with Crippen molar-refractivity contribution in [1.29, 1.82) is 0 Å². The molecule has 26 heavy (non-hydrogen) atoms. The number of piperidine rings is 1. The largest absolute Gasteiger partial charge is 0.465 e. The van der Waals surface area contributed by atoms with Crippen LogP contribution in [0.15, 0.2) is 24.3 Å². The van der Waals surface area contributed by atoms with Crippen LogP contribution in [0.4, 0.5) is 5.69 Å². The van der Waals surface area contributed by atoms with Gasteiger partial charge in [-0.3, -0.25) is 9.59 Å². The second-order valence-electron chi connectivity index (χ2n) is 6.66. The van der Waals surface area contributed by atoms with Gasteiger partial charge in [0.05, 0.1) is 12.7 Å². The van der Waals surface area contributed by atoms with Crippen LogP contribution >= 0.6 is 0 Å². The van der Waals surface area contributed by atoms with Crippen LogP contribution in [0, 0.1) is 5.92 Å². The Kier molecular flexibility index (Phi) is 5.88. The maximum atomic E-state index is 12.4. The molecular formula is C19H24N2O5. The number of amides is 2. The number of anilines is 1. The van der Waals surface area contributed by atoms with E-state index in [1.807, 2.05) is 4.90 Å². The van der Waals surface area contributed by atoms with E-state index in [9.17, 15) is 14.4 Å². The Hall–Kier alpha value is -2.41. The van der Waals surface area contributed by atoms with Crippen LogP contribution < -0.4 is 5.32 Å². The van der Waals surface area contributed by atoms with Gasteiger partial charge in [-0.25, -0.2) is 4.79 Å². The van der Waals surface area contributed by atoms with Crippen molar-refractivity contribution in [3.8, 4) is 0 Å². The van der Waals surface area contributed by atoms with Crippen LogP contribution in [0.3, 0.4) is 0 Å². The number of nitrogens with one attached hydrogen (secondary N) is 1. The molecule has 1 atom stereocenters. The molecule has 1 aromatic rings. The fourth-order valence-corrected chi connectivity index (χ4v) is 3.39. The van der Waals surface area contributed by atoms with Crippen LogP contribution in [-0.4, -0.2) is 55.6 Å². The minimum absolute atomic E-state index is 0.0553. The lowest BCUT2D eigenvalue weighted by Crippen LogP contribution is -2.45. The van der Waals surface area contributed by atoms with E-state index in [0.29, 0.717) is 43.8 Å². The van der Waals surface area contributed by atoms with Gasteiger partial charge in [0.15, 0.2) is 0 Å². The lowest BCUT2D eigenvalue weighted by Gasteiger charge is -2.32. The van der Waals surface area contributed by atoms with E-state index >= 15 is 0 Å². The minimum atomic E-state index is -0.411. The second-order valence-corrected chi connectivity index (χ2v) is 6.66. The molecule has 2 fully saturated rings. The van der Waals surface area contributed by atoms with Gasteiger partial charge < -0.3 is 19.7 Å². The normalized spacial score (nSPS) is 20.7. The predicted molar refractivity (Wildman–Crippen MR) is 94.7 cm³/mol. The van der Waals surface area contributed by atoms with Gasteiger partial charge in [-0.15, -0.1) is 0 Å². The molecule has 3 rings (SSSR count). The number of esters is 1. The Labute approximate surface area is 152 Å². The quantitative estimate of drug-likeness (QED) is 0.828. The summed E-state index contributed by atoms with van der Waals surface area (Å²) in [5.74, 6) is -0.533. The fourth-order valence-electron chi connectivity index (χ4n) is 3.39. The number of ether oxygens (including phenoxy) is 2. The molecule has 0 bridgehead atoms. The van der Waals surface area contributed by atoms with Crippen molar-refractivity contribution in [2.45, 2.75) is 31.8 Å². The van der Waals surface area contributed by atoms with Gasteiger partial charge in [0, 0.05) is 31.3 Å². The highest BCUT2D eigenvalue weighted by Gasteiger charge is 2.32. The average Bonchev–Trinajstić information content (AvgIpc) is 3.22. The van der Waals surface area contributed by atoms with Gasteiger partial charge in [0.2, 0.25) is 5.91 Å². The van der Waals surface area contributed by atoms with Crippen LogP contribution in [0.5, 0.6) is 0 Å². The molecule has 0 radical (unpaired) electrons. The zero-order chi connectivity index (χ0) is 18.5. The number of hydrogen-bond donors (Lipinski definition) is 1. The van der Waals surface area contributed by atoms with E-state index < -0.39 is 5.97 Å². The molecule has 2 heterocycles. The molecule has 0 aromatic heterocycles. The third-order valence-corrected chi connectivity index (χ3v) is 4.96. The number of methoxy groups -OCH3 is 1. The first kappa shape index (κ1) is 18.4. The summed E-state index contributed by atoms with van der Waals surface area (Å²) in [4.78, 5) is 38.0. The highest BCUT2D eigenvalue weighted by molar-refractivity contribution is 5.94. The third-order valence-electron chi connectivity index (χ3n) is 4.96. The molecular weight excluding hydrogens is 336 g/mol. The SMILES string of the molecule is COC(=O)c1ccc(NC(=O)C2CCN(C(=O)C3CCCO3)CC2)cc1. The zero-order valence-corrected chi connectivity index (χ0v) is 14.9. The number of nitrogens with zero attached hydrogens (tertiary/aromatic N) is 1. The minimum Gasteiger partial charge on any atom is -0.465 e. The summed E-state index contributed by atoms with van der Waals surface area (Å²) in [5, 5.41) is 2.88. The monoisotopic (exact) mass is 360 g/mol. The highest BCUT2D eigenvalue weighted by Crippen LogP contribution is 2.23. The van der Waals surface area contributed by atoms with E-state index in [2.05, 4.69) is 10.1 Å². The molecule has 2 amide bonds. The maximum absolute atomic E-state index is 12.4. The number of carbonyl (C=O) groups is 3. The summed E-state index contributed by atoms with van der Waals surface area (Å²) in [6.45, 7) is 1.82. The van der Waals surface area contributed by atoms with Crippen molar-refractivity contribution >= 4 is 23.5 Å². The van der Waals surface area contributed by atoms with Gasteiger partial charge in [-0.1, -0.05) is 0 Å². The van der Waals surface area contributed by atoms with Crippen molar-refractivity contribution in [3.63, 3.8) is 0 Å². The number of benzene rings is 1. The lowest BCUT2D eigenvalue weighted by atomic mass is 9.95. The first-order valence-corrected chi connectivity index (χ1v) is 8.98. The van der Waals surface area contributed by atoms with E-state index in [-0.39, 0.29) is 23.8 Å². The Balaban J connectivity index is 1.49. The molecule has 7 nitrogen and oxygen atoms in total. The number of hydrogen-bond acceptors (Lipinski definition) is 5. The molecule has 0 saturated carbocycles. The summed E-state index contributed by atoms with van der Waals surface area (Å²) in [6.07, 6.45) is 2.72. The first-order chi connectivity index (χ1) is 12.6. The molecule has 2 aliphatic rings. The number of carbonyl (C=O) groups excluding carboxylic acids is 3. The standard InChI is InChI=1S/C19H24N2O5/c1-25-19(24)14-4-6-15(7-5-14)20-17(22)13-8-10-21(11-9-13)18(23)16-3-2-12-26-16/h4-7,13,16H,2-3,8-12H2,1H3,(H,20,22). The molecule has 2 aliphatic heterocycles. The summed E-state index contributed by atoms with van der Waals surface area (Å²) >= 11 is 0. The van der Waals surface area contributed by atoms with Crippen LogP contribution in [-0.2, 0) is 19.1 Å². The Morgan fingerprint density at radius 1 is 1.12 bits per heavy atom. The average molecular weight is 360 g/mol. The van der Waals surface area contributed by atoms with Crippen LogP contribution in [0.2, 0.25) is 0 Å². The number of rotatable bonds is 4. The fraction of sp³-hybridized carbons (Fsp3) is 0.526. The molecule has 1 N–H and O–H groups in total. The van der Waals surface area contributed by atoms with Crippen LogP contribution in [0.1, 0.15) is 36.0 Å². The smallest absolute Gasteiger partial charge is 0.337 e. The lowest BCUT2D eigenvalue weighted by molar-refractivity contribution is -0.143. The summed E-state index contributed by atoms with van der Waals surface area (Å²) in [6, 6.07) is 6.59. The van der Waals surface area contributed by atoms with E-state index in [0.717, 1.165) is 12.8 Å². The van der Waals surface area contributed by atoms with Gasteiger partial charge in [-0.2, -0.15) is 0 Å². The molecule has 7 heteroatoms. The zero-order valence-electron chi connectivity index (χ0n) is 14.9. The topological polar surface area (TPSA) is 84.9 Å². The Morgan fingerprint density at radius 2 is 1.81 bits per heavy atom. The summed E-state index contributed by atoms with van der Waals surface area (Å²) in [7, 11) is 1.33. The molecule has 0 spiro atoms. The van der Waals surface area contributed by atoms with Crippen molar-refractivity contribution in [3.05, 3.63) is 29.8 Å². The van der Waals surface area contributed by atoms with Crippen molar-refractivity contribution in [2.24, 2.45) is 5.92 Å². The van der Waals surface area contributed by atoms with Crippen molar-refractivity contribution < 1.29 is 23.9 Å². The highest BCUT2D eigenvalue weighted by atomic mass is 16.5. The van der Waals surface area contributed by atoms with E-state index in [1.165, 1.54) is 7.11 Å². The maximum Gasteiger partial charge on any atom is 0.337 e. The van der Waals surface area contributed by atoms with Gasteiger partial charge >= 0.3 is 5.97 Å². The molecule has 1 unspecified atom stereocenters. The molecule has 1 aromatic carbocycles. The first-order valence-electron chi connectivity index (χ1n) is 8.98. The van der Waals surface area contributed by atoms with E-state index in [4.69, 9.17) is 4.74 Å². The second kappa shape index (κ2) is 8.31. The molecule has 2 saturated heterocycles. The van der Waals surface area contributed by atoms with Crippen LogP contribution in [0.25, 0.3) is 0 Å². The third kappa shape index (κ3) is 4.22. The van der Waals surface area contributed by atoms with Gasteiger partial charge in [0.25, 0.3) is 5.91 Å². The Bertz CT molecular complexity index is 659. The summed E-state index contributed by atoms with van der Waals surface area (Å²) < 4.78 is 10.1. The van der Waals surface area contributed by atoms with E-state index in [1.54, 1.807) is 24.3 Å². The number of likely N-dealkylation sites (tertiary alicyclic amines) is 1. The van der Waals surface area contributed by atoms with Gasteiger partial charge in [-0.05, 0) is 49.9 Å². The van der Waals surface area contributed by atoms with Crippen molar-refractivity contribution in [2.75, 3.05) is 32.1 Å². The Morgan fingerprint density at radius 3 is 2.38 bits per heavy atom. The summed E-state index contributed by atoms with van der Waals surface area (Å²) in [5.41, 5.74) is 1.08. The predicted octanol–water partition coefficient (Wildman–Crippen LogP) is 1.83. The van der Waals surface area contributed by atoms with Gasteiger partial charge in [0.1, 0.15) is 6.10 Å².